The summed E-state index contributed by atoms with van der Waals surface area (Å²) < 4.78 is 47.8. The van der Waals surface area contributed by atoms with Gasteiger partial charge in [-0.15, -0.1) is 0 Å². The molecule has 3 fully saturated rings. The third-order valence-electron chi connectivity index (χ3n) is 11.3. The predicted molar refractivity (Wildman–Crippen MR) is 184 cm³/mol. The number of nitrogens with zero attached hydrogens (tertiary/aromatic N) is 2. The van der Waals surface area contributed by atoms with Gasteiger partial charge in [0.15, 0.2) is 17.9 Å². The number of fused-ring (bicyclic) bond motifs is 5. The molecule has 1 N–H and O–H groups in total. The second-order valence-corrected chi connectivity index (χ2v) is 15.5. The van der Waals surface area contributed by atoms with Gasteiger partial charge in [0.25, 0.3) is 5.67 Å². The van der Waals surface area contributed by atoms with Crippen molar-refractivity contribution < 1.29 is 52.4 Å². The summed E-state index contributed by atoms with van der Waals surface area (Å²) in [4.78, 5) is 60.9. The SMILES string of the molecule is CCC(=O)N=C1[C@H](C)C[C@@]2(C)OCC(=O)CC[C@H]([C@H]1C)[C@](C)(O)[C@@H](CC)OC(=O)[C@@](C)(F)C(=O)[C@H](C)[C@H]2O[C@@H]1O[C@H](C)C[C@H](N(C)C)[C@H]1OC. The fraction of sp³-hybridized carbons (Fsp3) is 0.865. The van der Waals surface area contributed by atoms with Crippen LogP contribution in [0.5, 0.6) is 0 Å². The van der Waals surface area contributed by atoms with Gasteiger partial charge in [-0.05, 0) is 79.3 Å². The molecule has 0 aromatic heterocycles. The zero-order valence-electron chi connectivity index (χ0n) is 32.1. The van der Waals surface area contributed by atoms with Gasteiger partial charge in [-0.25, -0.2) is 14.2 Å². The number of carbonyl (C=O) groups is 4. The first-order valence-electron chi connectivity index (χ1n) is 18.1. The molecular formula is C37H61FN2O10. The largest absolute Gasteiger partial charge is 0.457 e. The molecule has 3 rings (SSSR count). The normalized spacial score (nSPS) is 43.6. The summed E-state index contributed by atoms with van der Waals surface area (Å²) in [6.45, 7) is 14.1. The molecular weight excluding hydrogens is 651 g/mol. The van der Waals surface area contributed by atoms with Crippen LogP contribution in [0.25, 0.3) is 0 Å². The van der Waals surface area contributed by atoms with Crippen LogP contribution < -0.4 is 0 Å². The van der Waals surface area contributed by atoms with E-state index in [1.807, 2.05) is 39.8 Å². The minimum absolute atomic E-state index is 0.00461. The van der Waals surface area contributed by atoms with Gasteiger partial charge in [0.05, 0.1) is 17.8 Å². The summed E-state index contributed by atoms with van der Waals surface area (Å²) in [6.07, 6.45) is -3.41. The maximum atomic E-state index is 16.7. The molecule has 2 bridgehead atoms. The van der Waals surface area contributed by atoms with Gasteiger partial charge >= 0.3 is 5.97 Å². The zero-order valence-corrected chi connectivity index (χ0v) is 32.1. The van der Waals surface area contributed by atoms with E-state index in [1.54, 1.807) is 20.8 Å². The van der Waals surface area contributed by atoms with E-state index in [9.17, 15) is 24.3 Å². The molecule has 3 aliphatic rings. The number of ketones is 2. The molecule has 12 nitrogen and oxygen atoms in total. The second kappa shape index (κ2) is 16.7. The van der Waals surface area contributed by atoms with Gasteiger partial charge in [0, 0.05) is 43.5 Å². The Morgan fingerprint density at radius 3 is 2.28 bits per heavy atom. The van der Waals surface area contributed by atoms with Crippen molar-refractivity contribution in [3.63, 3.8) is 0 Å². The molecule has 13 atom stereocenters. The van der Waals surface area contributed by atoms with Crippen LogP contribution >= 0.6 is 0 Å². The van der Waals surface area contributed by atoms with Crippen molar-refractivity contribution in [3.8, 4) is 0 Å². The average molecular weight is 713 g/mol. The number of esters is 1. The maximum absolute atomic E-state index is 16.7. The Balaban J connectivity index is 2.36. The van der Waals surface area contributed by atoms with Gasteiger partial charge in [-0.3, -0.25) is 14.4 Å². The van der Waals surface area contributed by atoms with Gasteiger partial charge in [-0.2, -0.15) is 0 Å². The number of rotatable bonds is 6. The minimum atomic E-state index is -3.13. The smallest absolute Gasteiger partial charge is 0.351 e. The molecule has 13 heteroatoms. The lowest BCUT2D eigenvalue weighted by Gasteiger charge is -2.48. The van der Waals surface area contributed by atoms with Crippen LogP contribution in [0.1, 0.15) is 101 Å². The number of carbonyl (C=O) groups excluding carboxylic acids is 4. The van der Waals surface area contributed by atoms with Gasteiger partial charge in [0.1, 0.15) is 24.4 Å². The molecule has 3 aliphatic heterocycles. The molecule has 286 valence electrons. The summed E-state index contributed by atoms with van der Waals surface area (Å²) in [5.74, 6) is -6.38. The van der Waals surface area contributed by atoms with Crippen LogP contribution in [0.2, 0.25) is 0 Å². The zero-order chi connectivity index (χ0) is 37.9. The molecule has 50 heavy (non-hydrogen) atoms. The van der Waals surface area contributed by atoms with Gasteiger partial charge in [-0.1, -0.05) is 34.6 Å². The Kier molecular flexibility index (Phi) is 14.1. The van der Waals surface area contributed by atoms with E-state index in [2.05, 4.69) is 4.99 Å². The number of hydrogen-bond acceptors (Lipinski definition) is 11. The first-order valence-corrected chi connectivity index (χ1v) is 18.1. The minimum Gasteiger partial charge on any atom is -0.457 e. The number of hydrogen-bond donors (Lipinski definition) is 1. The van der Waals surface area contributed by atoms with Crippen LogP contribution in [0.15, 0.2) is 4.99 Å². The molecule has 0 spiro atoms. The second-order valence-electron chi connectivity index (χ2n) is 15.5. The van der Waals surface area contributed by atoms with Crippen molar-refractivity contribution in [1.29, 1.82) is 0 Å². The van der Waals surface area contributed by atoms with Crippen molar-refractivity contribution in [2.75, 3.05) is 27.8 Å². The van der Waals surface area contributed by atoms with E-state index in [0.717, 1.165) is 6.92 Å². The summed E-state index contributed by atoms with van der Waals surface area (Å²) in [5.41, 5.74) is -5.95. The van der Waals surface area contributed by atoms with Crippen molar-refractivity contribution >= 4 is 29.2 Å². The number of aliphatic hydroxyl groups is 1. The van der Waals surface area contributed by atoms with Crippen molar-refractivity contribution in [1.82, 2.24) is 4.90 Å². The van der Waals surface area contributed by atoms with Crippen molar-refractivity contribution in [2.45, 2.75) is 154 Å². The van der Waals surface area contributed by atoms with Crippen molar-refractivity contribution in [3.05, 3.63) is 0 Å². The fourth-order valence-corrected chi connectivity index (χ4v) is 8.34. The summed E-state index contributed by atoms with van der Waals surface area (Å²) in [5, 5.41) is 12.2. The highest BCUT2D eigenvalue weighted by atomic mass is 19.1. The molecule has 0 aromatic rings. The number of ether oxygens (including phenoxy) is 5. The topological polar surface area (TPSA) is 150 Å². The molecule has 0 aliphatic carbocycles. The molecule has 3 heterocycles. The molecule has 0 unspecified atom stereocenters. The Morgan fingerprint density at radius 2 is 1.72 bits per heavy atom. The van der Waals surface area contributed by atoms with Crippen LogP contribution in [-0.4, -0.2) is 121 Å². The van der Waals surface area contributed by atoms with Crippen LogP contribution in [0, 0.1) is 23.7 Å². The monoisotopic (exact) mass is 712 g/mol. The Bertz CT molecular complexity index is 1270. The van der Waals surface area contributed by atoms with E-state index >= 15 is 4.39 Å². The molecule has 1 amide bonds. The Hall–Kier alpha value is -2.16. The van der Waals surface area contributed by atoms with E-state index in [4.69, 9.17) is 23.7 Å². The highest BCUT2D eigenvalue weighted by Crippen LogP contribution is 2.43. The van der Waals surface area contributed by atoms with E-state index < -0.39 is 76.9 Å². The Morgan fingerprint density at radius 1 is 1.08 bits per heavy atom. The molecule has 3 saturated heterocycles. The summed E-state index contributed by atoms with van der Waals surface area (Å²) in [6, 6.07) is -0.142. The first kappa shape index (κ1) is 42.3. The van der Waals surface area contributed by atoms with Crippen LogP contribution in [0.4, 0.5) is 4.39 Å². The summed E-state index contributed by atoms with van der Waals surface area (Å²) in [7, 11) is 5.36. The molecule has 0 saturated carbocycles. The Labute approximate surface area is 297 Å². The van der Waals surface area contributed by atoms with E-state index in [0.29, 0.717) is 12.1 Å². The highest BCUT2D eigenvalue weighted by Gasteiger charge is 2.56. The van der Waals surface area contributed by atoms with E-state index in [1.165, 1.54) is 21.0 Å². The fourth-order valence-electron chi connectivity index (χ4n) is 8.34. The number of likely N-dealkylation sites (N-methyl/N-ethyl adjacent to an activating group) is 1. The van der Waals surface area contributed by atoms with Gasteiger partial charge < -0.3 is 33.7 Å². The quantitative estimate of drug-likeness (QED) is 0.311. The lowest BCUT2D eigenvalue weighted by Crippen LogP contribution is -2.61. The number of methoxy groups -OCH3 is 1. The molecule has 0 aromatic carbocycles. The maximum Gasteiger partial charge on any atom is 0.351 e. The summed E-state index contributed by atoms with van der Waals surface area (Å²) >= 11 is 0. The number of amides is 1. The number of aliphatic imine (C=N–C) groups is 1. The number of cyclic esters (lactones) is 1. The number of alkyl halides is 1. The third kappa shape index (κ3) is 8.89. The highest BCUT2D eigenvalue weighted by molar-refractivity contribution is 6.08. The lowest BCUT2D eigenvalue weighted by molar-refractivity contribution is -0.300. The van der Waals surface area contributed by atoms with Gasteiger partial charge in [0.2, 0.25) is 5.91 Å². The number of Topliss-reactive ketones (excluding diaryl/α,β-unsaturated/α-hetero) is 2. The first-order chi connectivity index (χ1) is 23.2. The third-order valence-corrected chi connectivity index (χ3v) is 11.3. The predicted octanol–water partition coefficient (Wildman–Crippen LogP) is 4.27. The van der Waals surface area contributed by atoms with Crippen LogP contribution in [-0.2, 0) is 42.9 Å². The standard InChI is InChI=1S/C37H61FN2O10/c1-13-27-37(9,45)25-16-15-24(41)19-47-35(7,18-20(3)29(22(25)5)39-28(42)14-2)32(23(6)31(43)36(8,38)34(44)49-27)50-33-30(46-12)26(40(10)11)17-21(4)48-33/h20-23,25-27,30,32-33,45H,13-19H2,1-12H3/t20-,21-,22-,23+,25-,26+,27-,30-,32-,33+,35-,36+,37+/m1/s1. The lowest BCUT2D eigenvalue weighted by atomic mass is 9.68. The molecule has 0 radical (unpaired) electrons. The van der Waals surface area contributed by atoms with Crippen molar-refractivity contribution in [2.24, 2.45) is 28.7 Å². The number of halogens is 1. The average Bonchev–Trinajstić information content (AvgIpc) is 3.06. The van der Waals surface area contributed by atoms with E-state index in [-0.39, 0.29) is 62.5 Å². The van der Waals surface area contributed by atoms with Crippen LogP contribution in [0.3, 0.4) is 0 Å².